The van der Waals surface area contributed by atoms with Crippen LogP contribution in [0.2, 0.25) is 0 Å². The normalized spacial score (nSPS) is 17.8. The first-order valence-electron chi connectivity index (χ1n) is 5.56. The fraction of sp³-hybridized carbons (Fsp3) is 1.00. The van der Waals surface area contributed by atoms with Crippen LogP contribution in [0.3, 0.4) is 0 Å². The highest BCUT2D eigenvalue weighted by atomic mass is 16.7. The molecule has 0 aromatic carbocycles. The van der Waals surface area contributed by atoms with Gasteiger partial charge in [0.2, 0.25) is 0 Å². The standard InChI is InChI=1S/C11H24O3/c1-5-7-8-11(12)9(3)14-10(4)13-6-2/h9-12H,5-8H2,1-4H3/t9-,10?,11+/m0/s1. The lowest BCUT2D eigenvalue weighted by Gasteiger charge is -2.23. The van der Waals surface area contributed by atoms with Crippen molar-refractivity contribution < 1.29 is 14.6 Å². The Balaban J connectivity index is 3.64. The highest BCUT2D eigenvalue weighted by Gasteiger charge is 2.16. The molecule has 86 valence electrons. The lowest BCUT2D eigenvalue weighted by atomic mass is 10.1. The third kappa shape index (κ3) is 6.35. The molecule has 0 saturated heterocycles. The van der Waals surface area contributed by atoms with Gasteiger partial charge in [0.05, 0.1) is 12.2 Å². The average Bonchev–Trinajstić information content (AvgIpc) is 2.14. The highest BCUT2D eigenvalue weighted by molar-refractivity contribution is 4.64. The molecule has 0 bridgehead atoms. The van der Waals surface area contributed by atoms with Crippen LogP contribution in [0.15, 0.2) is 0 Å². The van der Waals surface area contributed by atoms with Gasteiger partial charge in [0, 0.05) is 6.61 Å². The Hall–Kier alpha value is -0.120. The average molecular weight is 204 g/mol. The van der Waals surface area contributed by atoms with Crippen LogP contribution in [-0.4, -0.2) is 30.2 Å². The Morgan fingerprint density at radius 3 is 2.36 bits per heavy atom. The lowest BCUT2D eigenvalue weighted by molar-refractivity contribution is -0.176. The van der Waals surface area contributed by atoms with Crippen molar-refractivity contribution in [3.63, 3.8) is 0 Å². The predicted octanol–water partition coefficient (Wildman–Crippen LogP) is 2.33. The molecule has 0 aliphatic heterocycles. The third-order valence-corrected chi connectivity index (χ3v) is 2.20. The molecule has 14 heavy (non-hydrogen) atoms. The summed E-state index contributed by atoms with van der Waals surface area (Å²) < 4.78 is 10.7. The topological polar surface area (TPSA) is 38.7 Å². The molecule has 0 aliphatic carbocycles. The van der Waals surface area contributed by atoms with Crippen LogP contribution in [0.25, 0.3) is 0 Å². The van der Waals surface area contributed by atoms with Crippen molar-refractivity contribution in [3.8, 4) is 0 Å². The van der Waals surface area contributed by atoms with Gasteiger partial charge in [-0.1, -0.05) is 19.8 Å². The van der Waals surface area contributed by atoms with Gasteiger partial charge in [-0.05, 0) is 27.2 Å². The molecule has 0 radical (unpaired) electrons. The quantitative estimate of drug-likeness (QED) is 0.617. The van der Waals surface area contributed by atoms with E-state index < -0.39 is 0 Å². The number of hydrogen-bond acceptors (Lipinski definition) is 3. The number of unbranched alkanes of at least 4 members (excludes halogenated alkanes) is 1. The Morgan fingerprint density at radius 1 is 1.21 bits per heavy atom. The molecule has 0 fully saturated rings. The van der Waals surface area contributed by atoms with Crippen molar-refractivity contribution >= 4 is 0 Å². The molecular formula is C11H24O3. The Bertz CT molecular complexity index is 128. The van der Waals surface area contributed by atoms with E-state index >= 15 is 0 Å². The lowest BCUT2D eigenvalue weighted by Crippen LogP contribution is -2.30. The SMILES string of the molecule is CCCC[C@@H](O)[C@H](C)OC(C)OCC. The summed E-state index contributed by atoms with van der Waals surface area (Å²) in [4.78, 5) is 0. The van der Waals surface area contributed by atoms with Gasteiger partial charge in [0.25, 0.3) is 0 Å². The molecule has 0 rings (SSSR count). The van der Waals surface area contributed by atoms with E-state index in [0.717, 1.165) is 19.3 Å². The van der Waals surface area contributed by atoms with Crippen LogP contribution in [0.5, 0.6) is 0 Å². The molecule has 0 amide bonds. The molecule has 0 spiro atoms. The minimum absolute atomic E-state index is 0.150. The van der Waals surface area contributed by atoms with Crippen LogP contribution >= 0.6 is 0 Å². The summed E-state index contributed by atoms with van der Waals surface area (Å²) in [7, 11) is 0. The molecular weight excluding hydrogens is 180 g/mol. The minimum Gasteiger partial charge on any atom is -0.390 e. The summed E-state index contributed by atoms with van der Waals surface area (Å²) in [6.45, 7) is 8.42. The summed E-state index contributed by atoms with van der Waals surface area (Å²) in [5.41, 5.74) is 0. The molecule has 0 aromatic heterocycles. The maximum Gasteiger partial charge on any atom is 0.155 e. The van der Waals surface area contributed by atoms with E-state index in [1.807, 2.05) is 20.8 Å². The smallest absolute Gasteiger partial charge is 0.155 e. The van der Waals surface area contributed by atoms with Crippen molar-refractivity contribution in [1.29, 1.82) is 0 Å². The maximum absolute atomic E-state index is 9.69. The first-order chi connectivity index (χ1) is 6.61. The van der Waals surface area contributed by atoms with Crippen molar-refractivity contribution in [1.82, 2.24) is 0 Å². The van der Waals surface area contributed by atoms with Crippen LogP contribution in [0, 0.1) is 0 Å². The molecule has 3 atom stereocenters. The minimum atomic E-state index is -0.377. The second kappa shape index (κ2) is 8.21. The molecule has 1 unspecified atom stereocenters. The second-order valence-electron chi connectivity index (χ2n) is 3.57. The summed E-state index contributed by atoms with van der Waals surface area (Å²) in [6, 6.07) is 0. The predicted molar refractivity (Wildman–Crippen MR) is 57.2 cm³/mol. The van der Waals surface area contributed by atoms with E-state index in [0.29, 0.717) is 6.61 Å². The van der Waals surface area contributed by atoms with E-state index in [4.69, 9.17) is 9.47 Å². The van der Waals surface area contributed by atoms with Crippen molar-refractivity contribution in [2.45, 2.75) is 65.5 Å². The Morgan fingerprint density at radius 2 is 1.86 bits per heavy atom. The van der Waals surface area contributed by atoms with Gasteiger partial charge in [-0.25, -0.2) is 0 Å². The summed E-state index contributed by atoms with van der Waals surface area (Å²) in [5.74, 6) is 0. The number of aliphatic hydroxyl groups is 1. The van der Waals surface area contributed by atoms with E-state index in [2.05, 4.69) is 6.92 Å². The van der Waals surface area contributed by atoms with Crippen LogP contribution in [0.4, 0.5) is 0 Å². The highest BCUT2D eigenvalue weighted by Crippen LogP contribution is 2.10. The zero-order chi connectivity index (χ0) is 11.0. The molecule has 0 aliphatic rings. The first-order valence-corrected chi connectivity index (χ1v) is 5.56. The molecule has 0 aromatic rings. The molecule has 0 saturated carbocycles. The van der Waals surface area contributed by atoms with Crippen molar-refractivity contribution in [2.75, 3.05) is 6.61 Å². The number of aliphatic hydroxyl groups excluding tert-OH is 1. The zero-order valence-electron chi connectivity index (χ0n) is 9.82. The van der Waals surface area contributed by atoms with E-state index in [1.54, 1.807) is 0 Å². The van der Waals surface area contributed by atoms with Crippen LogP contribution in [0.1, 0.15) is 47.0 Å². The van der Waals surface area contributed by atoms with Gasteiger partial charge in [-0.3, -0.25) is 0 Å². The fourth-order valence-corrected chi connectivity index (χ4v) is 1.31. The fourth-order valence-electron chi connectivity index (χ4n) is 1.31. The molecule has 3 heteroatoms. The van der Waals surface area contributed by atoms with Gasteiger partial charge >= 0.3 is 0 Å². The maximum atomic E-state index is 9.69. The van der Waals surface area contributed by atoms with E-state index in [-0.39, 0.29) is 18.5 Å². The molecule has 0 heterocycles. The molecule has 1 N–H and O–H groups in total. The van der Waals surface area contributed by atoms with Gasteiger partial charge < -0.3 is 14.6 Å². The monoisotopic (exact) mass is 204 g/mol. The van der Waals surface area contributed by atoms with Crippen LogP contribution in [-0.2, 0) is 9.47 Å². The Kier molecular flexibility index (Phi) is 8.14. The van der Waals surface area contributed by atoms with Crippen LogP contribution < -0.4 is 0 Å². The first kappa shape index (κ1) is 13.9. The summed E-state index contributed by atoms with van der Waals surface area (Å²) in [5, 5.41) is 9.69. The Labute approximate surface area is 87.4 Å². The third-order valence-electron chi connectivity index (χ3n) is 2.20. The summed E-state index contributed by atoms with van der Waals surface area (Å²) in [6.07, 6.45) is 2.19. The van der Waals surface area contributed by atoms with Gasteiger partial charge in [0.15, 0.2) is 6.29 Å². The van der Waals surface area contributed by atoms with Crippen molar-refractivity contribution in [3.05, 3.63) is 0 Å². The zero-order valence-corrected chi connectivity index (χ0v) is 9.82. The summed E-state index contributed by atoms with van der Waals surface area (Å²) >= 11 is 0. The largest absolute Gasteiger partial charge is 0.390 e. The number of hydrogen-bond donors (Lipinski definition) is 1. The second-order valence-corrected chi connectivity index (χ2v) is 3.57. The van der Waals surface area contributed by atoms with Gasteiger partial charge in [0.1, 0.15) is 0 Å². The van der Waals surface area contributed by atoms with Crippen molar-refractivity contribution in [2.24, 2.45) is 0 Å². The van der Waals surface area contributed by atoms with Gasteiger partial charge in [-0.2, -0.15) is 0 Å². The number of rotatable bonds is 8. The van der Waals surface area contributed by atoms with E-state index in [9.17, 15) is 5.11 Å². The molecule has 3 nitrogen and oxygen atoms in total. The van der Waals surface area contributed by atoms with Gasteiger partial charge in [-0.15, -0.1) is 0 Å². The number of ether oxygens (including phenoxy) is 2. The van der Waals surface area contributed by atoms with E-state index in [1.165, 1.54) is 0 Å².